The van der Waals surface area contributed by atoms with Crippen molar-refractivity contribution in [3.05, 3.63) is 30.4 Å². The lowest BCUT2D eigenvalue weighted by atomic mass is 10.5. The molecule has 0 aliphatic heterocycles. The monoisotopic (exact) mass is 212 g/mol. The van der Waals surface area contributed by atoms with Crippen molar-refractivity contribution in [2.24, 2.45) is 7.05 Å². The number of hydrogen-bond acceptors (Lipinski definition) is 3. The molecule has 0 unspecified atom stereocenters. The first-order valence-electron chi connectivity index (χ1n) is 4.05. The molecule has 0 fully saturated rings. The second-order valence-corrected chi connectivity index (χ2v) is 2.65. The molecule has 1 aromatic heterocycles. The van der Waals surface area contributed by atoms with Crippen molar-refractivity contribution in [2.75, 3.05) is 0 Å². The van der Waals surface area contributed by atoms with Gasteiger partial charge in [0, 0.05) is 13.0 Å². The summed E-state index contributed by atoms with van der Waals surface area (Å²) in [6.45, 7) is 2.03. The number of nitrogens with one attached hydrogen (secondary N) is 1. The maximum Gasteiger partial charge on any atom is 0.328 e. The highest BCUT2D eigenvalue weighted by Gasteiger charge is 1.93. The molecule has 0 amide bonds. The lowest BCUT2D eigenvalue weighted by Gasteiger charge is -1.85. The Kier molecular flexibility index (Phi) is 5.47. The summed E-state index contributed by atoms with van der Waals surface area (Å²) >= 11 is 0. The van der Waals surface area contributed by atoms with Crippen molar-refractivity contribution in [2.45, 2.75) is 6.92 Å². The van der Waals surface area contributed by atoms with E-state index in [1.165, 1.54) is 5.82 Å². The molecule has 2 N–H and O–H groups in total. The van der Waals surface area contributed by atoms with E-state index >= 15 is 0 Å². The average molecular weight is 212 g/mol. The highest BCUT2D eigenvalue weighted by molar-refractivity contribution is 5.88. The number of carboxylic acid groups (broad SMARTS) is 2. The van der Waals surface area contributed by atoms with Gasteiger partial charge in [-0.3, -0.25) is 0 Å². The Hall–Kier alpha value is -2.11. The third-order valence-corrected chi connectivity index (χ3v) is 1.48. The number of nitrogens with zero attached hydrogens (tertiary/aromatic N) is 1. The Morgan fingerprint density at radius 1 is 1.53 bits per heavy atom. The van der Waals surface area contributed by atoms with Gasteiger partial charge in [-0.2, -0.15) is 0 Å². The number of carboxylic acids is 2. The molecule has 0 bridgehead atoms. The van der Waals surface area contributed by atoms with Crippen molar-refractivity contribution in [3.63, 3.8) is 0 Å². The second kappa shape index (κ2) is 6.36. The van der Waals surface area contributed by atoms with Crippen molar-refractivity contribution in [3.8, 4) is 0 Å². The molecule has 0 saturated carbocycles. The predicted molar refractivity (Wildman–Crippen MR) is 48.5 cm³/mol. The van der Waals surface area contributed by atoms with Gasteiger partial charge in [0.1, 0.15) is 12.4 Å². The Bertz CT molecular complexity index is 335. The van der Waals surface area contributed by atoms with E-state index in [4.69, 9.17) is 5.11 Å². The standard InChI is InChI=1S/C5H8N2.C4H4O4/c1-5-6-3-4-7(5)2;5-3(6)1-2-4(7)8/h3-4H,1-2H3;1-2H,(H,5,6)(H,7,8)/b;2-1+. The van der Waals surface area contributed by atoms with Gasteiger partial charge in [-0.25, -0.2) is 14.3 Å². The zero-order chi connectivity index (χ0) is 11.8. The van der Waals surface area contributed by atoms with E-state index < -0.39 is 11.9 Å². The van der Waals surface area contributed by atoms with Crippen LogP contribution in [0.15, 0.2) is 24.5 Å². The SMILES string of the molecule is Cc1[nH]cc[n+]1C.O=C([O-])/C=C/C(=O)O. The van der Waals surface area contributed by atoms with E-state index in [1.807, 2.05) is 30.9 Å². The molecule has 0 radical (unpaired) electrons. The van der Waals surface area contributed by atoms with Crippen LogP contribution in [0, 0.1) is 6.92 Å². The van der Waals surface area contributed by atoms with Crippen LogP contribution in [0.4, 0.5) is 0 Å². The minimum absolute atomic E-state index is 0.447. The van der Waals surface area contributed by atoms with Gasteiger partial charge in [-0.15, -0.1) is 0 Å². The first-order chi connectivity index (χ1) is 6.93. The lowest BCUT2D eigenvalue weighted by molar-refractivity contribution is -0.676. The van der Waals surface area contributed by atoms with E-state index in [0.717, 1.165) is 0 Å². The summed E-state index contributed by atoms with van der Waals surface area (Å²) in [4.78, 5) is 22.0. The summed E-state index contributed by atoms with van der Waals surface area (Å²) in [5.74, 6) is -1.62. The van der Waals surface area contributed by atoms with E-state index in [0.29, 0.717) is 12.2 Å². The largest absolute Gasteiger partial charge is 0.545 e. The summed E-state index contributed by atoms with van der Waals surface area (Å²) < 4.78 is 2.03. The van der Waals surface area contributed by atoms with Crippen LogP contribution in [0.1, 0.15) is 5.82 Å². The summed E-state index contributed by atoms with van der Waals surface area (Å²) in [5.41, 5.74) is 0. The van der Waals surface area contributed by atoms with Gasteiger partial charge in [-0.05, 0) is 6.08 Å². The number of aryl methyl sites for hydroxylation is 2. The predicted octanol–water partition coefficient (Wildman–Crippen LogP) is -1.48. The van der Waals surface area contributed by atoms with Crippen LogP contribution >= 0.6 is 0 Å². The summed E-state index contributed by atoms with van der Waals surface area (Å²) in [6, 6.07) is 0. The van der Waals surface area contributed by atoms with Crippen LogP contribution < -0.4 is 9.67 Å². The molecule has 1 rings (SSSR count). The first kappa shape index (κ1) is 12.9. The van der Waals surface area contributed by atoms with Crippen LogP contribution in [0.25, 0.3) is 0 Å². The molecule has 0 aliphatic rings. The fourth-order valence-corrected chi connectivity index (χ4v) is 0.623. The third kappa shape index (κ3) is 7.00. The average Bonchev–Trinajstić information content (AvgIpc) is 2.49. The fraction of sp³-hybridized carbons (Fsp3) is 0.222. The zero-order valence-electron chi connectivity index (χ0n) is 8.43. The first-order valence-corrected chi connectivity index (χ1v) is 4.05. The Labute approximate surface area is 86.5 Å². The molecular formula is C9H12N2O4. The van der Waals surface area contributed by atoms with Gasteiger partial charge in [0.2, 0.25) is 0 Å². The molecule has 0 aromatic carbocycles. The topological polar surface area (TPSA) is 97.1 Å². The normalized spacial score (nSPS) is 9.47. The Morgan fingerprint density at radius 2 is 2.13 bits per heavy atom. The summed E-state index contributed by atoms with van der Waals surface area (Å²) in [5, 5.41) is 17.2. The number of aromatic nitrogens is 2. The number of aliphatic carboxylic acids is 2. The smallest absolute Gasteiger partial charge is 0.328 e. The molecule has 1 heterocycles. The van der Waals surface area contributed by atoms with Gasteiger partial charge in [0.05, 0.1) is 13.0 Å². The van der Waals surface area contributed by atoms with Gasteiger partial charge < -0.3 is 15.0 Å². The molecule has 0 atom stereocenters. The Morgan fingerprint density at radius 3 is 2.27 bits per heavy atom. The molecule has 15 heavy (non-hydrogen) atoms. The van der Waals surface area contributed by atoms with Gasteiger partial charge in [0.25, 0.3) is 5.82 Å². The van der Waals surface area contributed by atoms with Gasteiger partial charge in [-0.1, -0.05) is 0 Å². The van der Waals surface area contributed by atoms with E-state index in [9.17, 15) is 14.7 Å². The van der Waals surface area contributed by atoms with Crippen molar-refractivity contribution in [1.82, 2.24) is 4.98 Å². The fourth-order valence-electron chi connectivity index (χ4n) is 0.623. The van der Waals surface area contributed by atoms with E-state index in [1.54, 1.807) is 0 Å². The minimum atomic E-state index is -1.51. The molecule has 0 aliphatic carbocycles. The number of carbonyl (C=O) groups is 2. The summed E-state index contributed by atoms with van der Waals surface area (Å²) in [6.07, 6.45) is 4.84. The number of H-pyrrole nitrogens is 1. The maximum absolute atomic E-state index is 9.53. The number of hydrogen-bond donors (Lipinski definition) is 2. The lowest BCUT2D eigenvalue weighted by Crippen LogP contribution is -2.27. The maximum atomic E-state index is 9.53. The van der Waals surface area contributed by atoms with Crippen LogP contribution in [-0.2, 0) is 16.6 Å². The summed E-state index contributed by atoms with van der Waals surface area (Å²) in [7, 11) is 2.01. The zero-order valence-corrected chi connectivity index (χ0v) is 8.43. The number of imidazole rings is 1. The number of aromatic amines is 1. The highest BCUT2D eigenvalue weighted by Crippen LogP contribution is 1.75. The van der Waals surface area contributed by atoms with Crippen LogP contribution in [0.3, 0.4) is 0 Å². The Balaban J connectivity index is 0.000000262. The molecule has 0 saturated heterocycles. The number of rotatable bonds is 2. The molecule has 6 nitrogen and oxygen atoms in total. The second-order valence-electron chi connectivity index (χ2n) is 2.65. The van der Waals surface area contributed by atoms with E-state index in [2.05, 4.69) is 4.98 Å². The molecule has 1 aromatic rings. The molecule has 6 heteroatoms. The van der Waals surface area contributed by atoms with E-state index in [-0.39, 0.29) is 0 Å². The van der Waals surface area contributed by atoms with Gasteiger partial charge >= 0.3 is 5.97 Å². The van der Waals surface area contributed by atoms with Crippen LogP contribution in [0.5, 0.6) is 0 Å². The van der Waals surface area contributed by atoms with Crippen molar-refractivity contribution < 1.29 is 24.4 Å². The quantitative estimate of drug-likeness (QED) is 0.461. The molecule has 0 spiro atoms. The number of carbonyl (C=O) groups excluding carboxylic acids is 1. The highest BCUT2D eigenvalue weighted by atomic mass is 16.4. The molecular weight excluding hydrogens is 200 g/mol. The van der Waals surface area contributed by atoms with Gasteiger partial charge in [0.15, 0.2) is 0 Å². The molecule has 82 valence electrons. The third-order valence-electron chi connectivity index (χ3n) is 1.48. The van der Waals surface area contributed by atoms with Crippen LogP contribution in [-0.4, -0.2) is 22.0 Å². The van der Waals surface area contributed by atoms with Crippen molar-refractivity contribution in [1.29, 1.82) is 0 Å². The minimum Gasteiger partial charge on any atom is -0.545 e. The van der Waals surface area contributed by atoms with Crippen LogP contribution in [0.2, 0.25) is 0 Å². The van der Waals surface area contributed by atoms with Crippen molar-refractivity contribution >= 4 is 11.9 Å².